The third-order valence-corrected chi connectivity index (χ3v) is 4.31. The lowest BCUT2D eigenvalue weighted by molar-refractivity contribution is 0.0936. The molecule has 1 unspecified atom stereocenters. The minimum Gasteiger partial charge on any atom is -0.493 e. The molecular weight excluding hydrogens is 212 g/mol. The van der Waals surface area contributed by atoms with E-state index >= 15 is 0 Å². The average Bonchev–Trinajstić information content (AvgIpc) is 2.79. The monoisotopic (exact) mass is 234 g/mol. The lowest BCUT2D eigenvalue weighted by Gasteiger charge is -2.31. The molecule has 94 valence electrons. The van der Waals surface area contributed by atoms with Gasteiger partial charge in [0.25, 0.3) is 0 Å². The van der Waals surface area contributed by atoms with Gasteiger partial charge in [-0.15, -0.1) is 0 Å². The standard InChI is InChI=1S/C15H22O2/c1-3-15(4-2,11-16)9-12-10-17-14-8-6-5-7-13(12)14/h5-8,12,16H,3-4,9-11H2,1-2H3. The molecule has 2 rings (SSSR count). The second-order valence-corrected chi connectivity index (χ2v) is 5.12. The zero-order valence-corrected chi connectivity index (χ0v) is 10.8. The van der Waals surface area contributed by atoms with Crippen molar-refractivity contribution in [1.82, 2.24) is 0 Å². The van der Waals surface area contributed by atoms with E-state index < -0.39 is 0 Å². The fraction of sp³-hybridized carbons (Fsp3) is 0.600. The molecule has 0 aromatic heterocycles. The summed E-state index contributed by atoms with van der Waals surface area (Å²) in [5.41, 5.74) is 1.37. The fourth-order valence-corrected chi connectivity index (χ4v) is 2.75. The molecular formula is C15H22O2. The number of hydrogen-bond donors (Lipinski definition) is 1. The molecule has 2 heteroatoms. The Balaban J connectivity index is 2.16. The molecule has 1 heterocycles. The topological polar surface area (TPSA) is 29.5 Å². The van der Waals surface area contributed by atoms with Crippen LogP contribution in [0.5, 0.6) is 5.75 Å². The average molecular weight is 234 g/mol. The van der Waals surface area contributed by atoms with E-state index in [1.807, 2.05) is 12.1 Å². The minimum atomic E-state index is 0.0610. The van der Waals surface area contributed by atoms with E-state index in [2.05, 4.69) is 26.0 Å². The highest BCUT2D eigenvalue weighted by atomic mass is 16.5. The van der Waals surface area contributed by atoms with Crippen LogP contribution in [0.25, 0.3) is 0 Å². The third kappa shape index (κ3) is 2.32. The first-order valence-corrected chi connectivity index (χ1v) is 6.57. The van der Waals surface area contributed by atoms with Gasteiger partial charge < -0.3 is 9.84 Å². The number of rotatable bonds is 5. The van der Waals surface area contributed by atoms with E-state index in [0.29, 0.717) is 5.92 Å². The van der Waals surface area contributed by atoms with Crippen LogP contribution in [0.1, 0.15) is 44.6 Å². The van der Waals surface area contributed by atoms with Gasteiger partial charge in [0, 0.05) is 18.1 Å². The molecule has 17 heavy (non-hydrogen) atoms. The van der Waals surface area contributed by atoms with E-state index in [1.165, 1.54) is 5.56 Å². The molecule has 1 atom stereocenters. The van der Waals surface area contributed by atoms with Gasteiger partial charge in [0.2, 0.25) is 0 Å². The van der Waals surface area contributed by atoms with E-state index in [1.54, 1.807) is 0 Å². The maximum absolute atomic E-state index is 9.64. The lowest BCUT2D eigenvalue weighted by Crippen LogP contribution is -2.26. The Labute approximate surface area is 104 Å². The summed E-state index contributed by atoms with van der Waals surface area (Å²) in [7, 11) is 0. The van der Waals surface area contributed by atoms with E-state index in [0.717, 1.165) is 31.6 Å². The fourth-order valence-electron chi connectivity index (χ4n) is 2.75. The number of benzene rings is 1. The van der Waals surface area contributed by atoms with Crippen molar-refractivity contribution in [2.24, 2.45) is 5.41 Å². The van der Waals surface area contributed by atoms with Crippen LogP contribution in [0.3, 0.4) is 0 Å². The largest absolute Gasteiger partial charge is 0.493 e. The van der Waals surface area contributed by atoms with Crippen LogP contribution in [-0.4, -0.2) is 18.3 Å². The molecule has 1 aliphatic heterocycles. The van der Waals surface area contributed by atoms with Gasteiger partial charge in [0.1, 0.15) is 5.75 Å². The molecule has 0 aliphatic carbocycles. The number of ether oxygens (including phenoxy) is 1. The Hall–Kier alpha value is -1.02. The quantitative estimate of drug-likeness (QED) is 0.846. The predicted molar refractivity (Wildman–Crippen MR) is 69.4 cm³/mol. The Morgan fingerprint density at radius 2 is 2.00 bits per heavy atom. The second-order valence-electron chi connectivity index (χ2n) is 5.12. The van der Waals surface area contributed by atoms with Crippen molar-refractivity contribution >= 4 is 0 Å². The van der Waals surface area contributed by atoms with Crippen LogP contribution < -0.4 is 4.74 Å². The zero-order valence-electron chi connectivity index (χ0n) is 10.8. The van der Waals surface area contributed by atoms with Crippen molar-refractivity contribution in [3.63, 3.8) is 0 Å². The summed E-state index contributed by atoms with van der Waals surface area (Å²) in [6.45, 7) is 5.38. The first kappa shape index (κ1) is 12.4. The van der Waals surface area contributed by atoms with Crippen LogP contribution in [0.2, 0.25) is 0 Å². The summed E-state index contributed by atoms with van der Waals surface area (Å²) < 4.78 is 5.71. The first-order chi connectivity index (χ1) is 8.24. The summed E-state index contributed by atoms with van der Waals surface area (Å²) in [6.07, 6.45) is 3.07. The van der Waals surface area contributed by atoms with Gasteiger partial charge in [-0.25, -0.2) is 0 Å². The van der Waals surface area contributed by atoms with Gasteiger partial charge in [-0.05, 0) is 30.7 Å². The van der Waals surface area contributed by atoms with Crippen molar-refractivity contribution in [2.75, 3.05) is 13.2 Å². The van der Waals surface area contributed by atoms with Gasteiger partial charge in [-0.3, -0.25) is 0 Å². The Morgan fingerprint density at radius 3 is 2.65 bits per heavy atom. The van der Waals surface area contributed by atoms with E-state index in [9.17, 15) is 5.11 Å². The summed E-state index contributed by atoms with van der Waals surface area (Å²) in [6, 6.07) is 8.27. The van der Waals surface area contributed by atoms with Crippen LogP contribution in [0.15, 0.2) is 24.3 Å². The number of fused-ring (bicyclic) bond motifs is 1. The second kappa shape index (κ2) is 5.09. The van der Waals surface area contributed by atoms with E-state index in [4.69, 9.17) is 4.74 Å². The maximum atomic E-state index is 9.64. The highest BCUT2D eigenvalue weighted by Gasteiger charge is 2.33. The van der Waals surface area contributed by atoms with Crippen molar-refractivity contribution < 1.29 is 9.84 Å². The third-order valence-electron chi connectivity index (χ3n) is 4.31. The molecule has 0 bridgehead atoms. The molecule has 1 aromatic carbocycles. The number of aliphatic hydroxyl groups excluding tert-OH is 1. The summed E-state index contributed by atoms with van der Waals surface area (Å²) >= 11 is 0. The van der Waals surface area contributed by atoms with Crippen molar-refractivity contribution in [1.29, 1.82) is 0 Å². The number of hydrogen-bond acceptors (Lipinski definition) is 2. The molecule has 0 fully saturated rings. The maximum Gasteiger partial charge on any atom is 0.122 e. The van der Waals surface area contributed by atoms with Crippen LogP contribution in [0, 0.1) is 5.41 Å². The lowest BCUT2D eigenvalue weighted by atomic mass is 9.74. The predicted octanol–water partition coefficient (Wildman–Crippen LogP) is 3.35. The van der Waals surface area contributed by atoms with Crippen LogP contribution in [0.4, 0.5) is 0 Å². The normalized spacial score (nSPS) is 18.9. The highest BCUT2D eigenvalue weighted by Crippen LogP contribution is 2.43. The number of para-hydroxylation sites is 1. The van der Waals surface area contributed by atoms with Crippen molar-refractivity contribution in [3.05, 3.63) is 29.8 Å². The molecule has 0 spiro atoms. The van der Waals surface area contributed by atoms with Gasteiger partial charge in [-0.2, -0.15) is 0 Å². The molecule has 0 saturated carbocycles. The van der Waals surface area contributed by atoms with Gasteiger partial charge in [0.05, 0.1) is 6.61 Å². The molecule has 1 aromatic rings. The molecule has 0 saturated heterocycles. The van der Waals surface area contributed by atoms with Gasteiger partial charge in [0.15, 0.2) is 0 Å². The minimum absolute atomic E-state index is 0.0610. The highest BCUT2D eigenvalue weighted by molar-refractivity contribution is 5.39. The van der Waals surface area contributed by atoms with Crippen molar-refractivity contribution in [2.45, 2.75) is 39.0 Å². The summed E-state index contributed by atoms with van der Waals surface area (Å²) in [5, 5.41) is 9.64. The van der Waals surface area contributed by atoms with Gasteiger partial charge in [-0.1, -0.05) is 32.0 Å². The summed E-state index contributed by atoms with van der Waals surface area (Å²) in [4.78, 5) is 0. The molecule has 1 N–H and O–H groups in total. The molecule has 0 amide bonds. The van der Waals surface area contributed by atoms with E-state index in [-0.39, 0.29) is 12.0 Å². The Kier molecular flexibility index (Phi) is 3.72. The summed E-state index contributed by atoms with van der Waals surface area (Å²) in [5.74, 6) is 1.47. The van der Waals surface area contributed by atoms with Crippen LogP contribution >= 0.6 is 0 Å². The molecule has 0 radical (unpaired) electrons. The number of aliphatic hydroxyl groups is 1. The van der Waals surface area contributed by atoms with Crippen LogP contribution in [-0.2, 0) is 0 Å². The first-order valence-electron chi connectivity index (χ1n) is 6.57. The molecule has 2 nitrogen and oxygen atoms in total. The Bertz CT molecular complexity index is 361. The SMILES string of the molecule is CCC(CC)(CO)CC1COc2ccccc21. The van der Waals surface area contributed by atoms with Crippen molar-refractivity contribution in [3.8, 4) is 5.75 Å². The zero-order chi connectivity index (χ0) is 12.3. The smallest absolute Gasteiger partial charge is 0.122 e. The van der Waals surface area contributed by atoms with Gasteiger partial charge >= 0.3 is 0 Å². The molecule has 1 aliphatic rings. The Morgan fingerprint density at radius 1 is 1.29 bits per heavy atom.